The quantitative estimate of drug-likeness (QED) is 0.338. The summed E-state index contributed by atoms with van der Waals surface area (Å²) < 4.78 is 24.7. The topological polar surface area (TPSA) is 112 Å². The molecular weight excluding hydrogens is 586 g/mol. The van der Waals surface area contributed by atoms with Gasteiger partial charge in [-0.2, -0.15) is 5.26 Å². The lowest BCUT2D eigenvalue weighted by molar-refractivity contribution is -0.139. The summed E-state index contributed by atoms with van der Waals surface area (Å²) in [5.41, 5.74) is 1.61. The standard InChI is InChI=1S/C28H26BrN3O6S/c1-5-36-22-15-19(29)18(14-21(22)35-4)25-24(27(34)37-6-2)16(3)31-28-32(25)26(33)23(39-28)13-17-9-7-8-10-20(17)38-12-11-30/h7-10,13-15,25H,5-6,12H2,1-4H3/b23-13+/t25-/m0/s1. The third kappa shape index (κ3) is 5.62. The van der Waals surface area contributed by atoms with E-state index in [-0.39, 0.29) is 24.3 Å². The van der Waals surface area contributed by atoms with Gasteiger partial charge in [-0.05, 0) is 50.6 Å². The number of hydrogen-bond acceptors (Lipinski definition) is 9. The van der Waals surface area contributed by atoms with E-state index in [2.05, 4.69) is 20.9 Å². The molecule has 0 N–H and O–H groups in total. The molecule has 3 aromatic rings. The van der Waals surface area contributed by atoms with E-state index in [1.807, 2.05) is 19.1 Å². The fourth-order valence-corrected chi connectivity index (χ4v) is 5.83. The molecule has 1 aliphatic rings. The van der Waals surface area contributed by atoms with Crippen molar-refractivity contribution in [2.45, 2.75) is 26.8 Å². The van der Waals surface area contributed by atoms with Gasteiger partial charge in [-0.1, -0.05) is 45.5 Å². The molecule has 0 aliphatic carbocycles. The summed E-state index contributed by atoms with van der Waals surface area (Å²) in [6.45, 7) is 5.79. The van der Waals surface area contributed by atoms with Crippen LogP contribution in [0.3, 0.4) is 0 Å². The van der Waals surface area contributed by atoms with Crippen LogP contribution < -0.4 is 29.1 Å². The van der Waals surface area contributed by atoms with Crippen molar-refractivity contribution < 1.29 is 23.7 Å². The lowest BCUT2D eigenvalue weighted by atomic mass is 9.95. The van der Waals surface area contributed by atoms with Crippen molar-refractivity contribution in [2.24, 2.45) is 4.99 Å². The number of esters is 1. The predicted molar refractivity (Wildman–Crippen MR) is 150 cm³/mol. The number of carbonyl (C=O) groups excluding carboxylic acids is 1. The average molecular weight is 613 g/mol. The molecule has 0 radical (unpaired) electrons. The number of nitriles is 1. The zero-order valence-corrected chi connectivity index (χ0v) is 24.2. The Morgan fingerprint density at radius 3 is 2.64 bits per heavy atom. The molecule has 39 heavy (non-hydrogen) atoms. The van der Waals surface area contributed by atoms with Gasteiger partial charge in [0.25, 0.3) is 5.56 Å². The van der Waals surface area contributed by atoms with Crippen LogP contribution in [0.5, 0.6) is 17.2 Å². The zero-order chi connectivity index (χ0) is 28.1. The van der Waals surface area contributed by atoms with Crippen LogP contribution in [0.15, 0.2) is 61.9 Å². The SMILES string of the molecule is CCOC(=O)C1=C(C)N=c2s/c(=C/c3ccccc3OCC#N)c(=O)n2[C@H]1c1cc(OC)c(OCC)cc1Br. The van der Waals surface area contributed by atoms with Gasteiger partial charge in [0.1, 0.15) is 11.8 Å². The van der Waals surface area contributed by atoms with E-state index in [0.29, 0.717) is 54.5 Å². The van der Waals surface area contributed by atoms with Crippen LogP contribution >= 0.6 is 27.3 Å². The maximum Gasteiger partial charge on any atom is 0.338 e. The molecule has 0 fully saturated rings. The number of carbonyl (C=O) groups is 1. The molecule has 0 amide bonds. The highest BCUT2D eigenvalue weighted by Crippen LogP contribution is 2.41. The second kappa shape index (κ2) is 12.3. The van der Waals surface area contributed by atoms with Crippen LogP contribution in [0.4, 0.5) is 0 Å². The smallest absolute Gasteiger partial charge is 0.338 e. The number of aromatic nitrogens is 1. The van der Waals surface area contributed by atoms with E-state index in [1.165, 1.54) is 23.0 Å². The molecule has 0 spiro atoms. The Morgan fingerprint density at radius 2 is 1.95 bits per heavy atom. The van der Waals surface area contributed by atoms with Gasteiger partial charge in [0.05, 0.1) is 42.2 Å². The van der Waals surface area contributed by atoms with Crippen LogP contribution in [0.2, 0.25) is 0 Å². The first-order valence-corrected chi connectivity index (χ1v) is 13.7. The number of rotatable bonds is 9. The Kier molecular flexibility index (Phi) is 8.89. The highest BCUT2D eigenvalue weighted by Gasteiger charge is 2.35. The molecule has 2 heterocycles. The highest BCUT2D eigenvalue weighted by molar-refractivity contribution is 9.10. The summed E-state index contributed by atoms with van der Waals surface area (Å²) in [4.78, 5) is 32.2. The Morgan fingerprint density at radius 1 is 1.18 bits per heavy atom. The van der Waals surface area contributed by atoms with Crippen molar-refractivity contribution in [3.05, 3.63) is 83.0 Å². The third-order valence-electron chi connectivity index (χ3n) is 5.89. The molecular formula is C28H26BrN3O6S. The number of thiazole rings is 1. The van der Waals surface area contributed by atoms with Crippen LogP contribution in [-0.2, 0) is 9.53 Å². The summed E-state index contributed by atoms with van der Waals surface area (Å²) in [5.74, 6) is 0.894. The van der Waals surface area contributed by atoms with E-state index in [9.17, 15) is 9.59 Å². The van der Waals surface area contributed by atoms with E-state index in [4.69, 9.17) is 24.2 Å². The second-order valence-corrected chi connectivity index (χ2v) is 10.1. The molecule has 11 heteroatoms. The predicted octanol–water partition coefficient (Wildman–Crippen LogP) is 3.87. The van der Waals surface area contributed by atoms with E-state index in [1.54, 1.807) is 50.3 Å². The molecule has 202 valence electrons. The van der Waals surface area contributed by atoms with Crippen molar-refractivity contribution >= 4 is 39.3 Å². The second-order valence-electron chi connectivity index (χ2n) is 8.24. The van der Waals surface area contributed by atoms with Gasteiger partial charge in [-0.3, -0.25) is 9.36 Å². The monoisotopic (exact) mass is 611 g/mol. The summed E-state index contributed by atoms with van der Waals surface area (Å²) in [7, 11) is 1.53. The van der Waals surface area contributed by atoms with Crippen LogP contribution in [0, 0.1) is 11.3 Å². The molecule has 9 nitrogen and oxygen atoms in total. The fraction of sp³-hybridized carbons (Fsp3) is 0.286. The summed E-state index contributed by atoms with van der Waals surface area (Å²) in [5, 5.41) is 8.93. The normalized spacial score (nSPS) is 14.8. The number of methoxy groups -OCH3 is 1. The molecule has 0 bridgehead atoms. The van der Waals surface area contributed by atoms with Gasteiger partial charge in [-0.25, -0.2) is 9.79 Å². The number of para-hydroxylation sites is 1. The molecule has 0 saturated heterocycles. The van der Waals surface area contributed by atoms with Crippen molar-refractivity contribution in [2.75, 3.05) is 26.9 Å². The van der Waals surface area contributed by atoms with Crippen molar-refractivity contribution in [3.63, 3.8) is 0 Å². The number of allylic oxidation sites excluding steroid dienone is 1. The molecule has 1 aromatic heterocycles. The average Bonchev–Trinajstić information content (AvgIpc) is 3.22. The van der Waals surface area contributed by atoms with Crippen molar-refractivity contribution in [1.29, 1.82) is 5.26 Å². The minimum Gasteiger partial charge on any atom is -0.493 e. The number of fused-ring (bicyclic) bond motifs is 1. The lowest BCUT2D eigenvalue weighted by Gasteiger charge is -2.26. The number of halogens is 1. The lowest BCUT2D eigenvalue weighted by Crippen LogP contribution is -2.40. The third-order valence-corrected chi connectivity index (χ3v) is 7.56. The Balaban J connectivity index is 1.98. The van der Waals surface area contributed by atoms with Gasteiger partial charge in [0, 0.05) is 10.0 Å². The van der Waals surface area contributed by atoms with Gasteiger partial charge < -0.3 is 18.9 Å². The van der Waals surface area contributed by atoms with Gasteiger partial charge >= 0.3 is 5.97 Å². The molecule has 1 aliphatic heterocycles. The first-order valence-electron chi connectivity index (χ1n) is 12.1. The molecule has 4 rings (SSSR count). The Labute approximate surface area is 237 Å². The van der Waals surface area contributed by atoms with Crippen LogP contribution in [-0.4, -0.2) is 37.5 Å². The highest BCUT2D eigenvalue weighted by atomic mass is 79.9. The van der Waals surface area contributed by atoms with Gasteiger partial charge in [0.2, 0.25) is 0 Å². The van der Waals surface area contributed by atoms with Gasteiger partial charge in [0.15, 0.2) is 22.9 Å². The molecule has 1 atom stereocenters. The number of hydrogen-bond donors (Lipinski definition) is 0. The number of nitrogens with zero attached hydrogens (tertiary/aromatic N) is 3. The maximum atomic E-state index is 13.9. The number of ether oxygens (including phenoxy) is 4. The van der Waals surface area contributed by atoms with Crippen LogP contribution in [0.25, 0.3) is 6.08 Å². The van der Waals surface area contributed by atoms with Crippen LogP contribution in [0.1, 0.15) is 37.9 Å². The summed E-state index contributed by atoms with van der Waals surface area (Å²) >= 11 is 4.81. The van der Waals surface area contributed by atoms with E-state index < -0.39 is 12.0 Å². The fourth-order valence-electron chi connectivity index (χ4n) is 4.26. The minimum absolute atomic E-state index is 0.123. The zero-order valence-electron chi connectivity index (χ0n) is 21.8. The van der Waals surface area contributed by atoms with Crippen molar-refractivity contribution in [3.8, 4) is 23.3 Å². The molecule has 0 unspecified atom stereocenters. The number of benzene rings is 2. The van der Waals surface area contributed by atoms with E-state index >= 15 is 0 Å². The maximum absolute atomic E-state index is 13.9. The first-order chi connectivity index (χ1) is 18.8. The molecule has 2 aromatic carbocycles. The Bertz CT molecular complexity index is 1670. The first kappa shape index (κ1) is 28.1. The summed E-state index contributed by atoms with van der Waals surface area (Å²) in [6, 6.07) is 11.8. The minimum atomic E-state index is -0.841. The summed E-state index contributed by atoms with van der Waals surface area (Å²) in [6.07, 6.45) is 1.70. The van der Waals surface area contributed by atoms with Crippen molar-refractivity contribution in [1.82, 2.24) is 4.57 Å². The van der Waals surface area contributed by atoms with Gasteiger partial charge in [-0.15, -0.1) is 0 Å². The Hall–Kier alpha value is -3.88. The van der Waals surface area contributed by atoms with E-state index in [0.717, 1.165) is 0 Å². The molecule has 0 saturated carbocycles. The largest absolute Gasteiger partial charge is 0.493 e.